The molecule has 108 valence electrons. The number of hydrogen-bond donors (Lipinski definition) is 0. The molecule has 0 unspecified atom stereocenters. The van der Waals surface area contributed by atoms with Crippen LogP contribution in [0, 0.1) is 0 Å². The number of hydrogen-bond acceptors (Lipinski definition) is 3. The van der Waals surface area contributed by atoms with Gasteiger partial charge < -0.3 is 9.47 Å². The molecule has 0 aliphatic rings. The van der Waals surface area contributed by atoms with Crippen LogP contribution in [0.2, 0.25) is 0 Å². The Morgan fingerprint density at radius 3 is 2.75 bits per heavy atom. The van der Waals surface area contributed by atoms with Crippen LogP contribution in [0.1, 0.15) is 23.9 Å². The van der Waals surface area contributed by atoms with E-state index in [4.69, 9.17) is 9.47 Å². The zero-order chi connectivity index (χ0) is 14.5. The van der Waals surface area contributed by atoms with Gasteiger partial charge in [-0.2, -0.15) is 5.10 Å². The third kappa shape index (κ3) is 3.15. The lowest BCUT2D eigenvalue weighted by atomic mass is 10.2. The Morgan fingerprint density at radius 2 is 2.15 bits per heavy atom. The molecule has 0 aliphatic carbocycles. The van der Waals surface area contributed by atoms with E-state index in [1.165, 1.54) is 0 Å². The molecule has 1 heterocycles. The maximum Gasteiger partial charge on any atom is 0.165 e. The van der Waals surface area contributed by atoms with Crippen LogP contribution in [-0.4, -0.2) is 16.9 Å². The minimum absolute atomic E-state index is 0.476. The molecule has 0 bridgehead atoms. The van der Waals surface area contributed by atoms with Crippen LogP contribution in [-0.2, 0) is 25.4 Å². The normalized spacial score (nSPS) is 10.6. The lowest BCUT2D eigenvalue weighted by molar-refractivity contribution is 0.273. The van der Waals surface area contributed by atoms with Crippen molar-refractivity contribution in [2.45, 2.75) is 25.3 Å². The molecule has 0 saturated carbocycles. The number of ether oxygens (including phenoxy) is 2. The van der Waals surface area contributed by atoms with Gasteiger partial charge >= 0.3 is 0 Å². The highest BCUT2D eigenvalue weighted by Gasteiger charge is 2.11. The van der Waals surface area contributed by atoms with Crippen molar-refractivity contribution in [1.82, 2.24) is 9.78 Å². The second-order valence-electron chi connectivity index (χ2n) is 4.47. The van der Waals surface area contributed by atoms with Crippen LogP contribution < -0.4 is 9.47 Å². The first-order valence-electron chi connectivity index (χ1n) is 6.56. The maximum atomic E-state index is 5.96. The van der Waals surface area contributed by atoms with Crippen molar-refractivity contribution in [2.75, 3.05) is 7.11 Å². The van der Waals surface area contributed by atoms with E-state index < -0.39 is 0 Å². The molecule has 0 amide bonds. The average Bonchev–Trinajstić information content (AvgIpc) is 2.85. The molecule has 0 fully saturated rings. The number of para-hydroxylation sites is 1. The van der Waals surface area contributed by atoms with Gasteiger partial charge in [0.15, 0.2) is 11.5 Å². The Balaban J connectivity index is 2.19. The van der Waals surface area contributed by atoms with Gasteiger partial charge in [0, 0.05) is 17.9 Å². The van der Waals surface area contributed by atoms with E-state index in [2.05, 4.69) is 34.0 Å². The summed E-state index contributed by atoms with van der Waals surface area (Å²) in [7, 11) is 3.59. The fraction of sp³-hybridized carbons (Fsp3) is 0.400. The van der Waals surface area contributed by atoms with Gasteiger partial charge in [-0.3, -0.25) is 4.68 Å². The number of halogens is 1. The molecule has 2 aromatic rings. The summed E-state index contributed by atoms with van der Waals surface area (Å²) in [5.41, 5.74) is 3.20. The Morgan fingerprint density at radius 1 is 1.35 bits per heavy atom. The van der Waals surface area contributed by atoms with Gasteiger partial charge in [-0.15, -0.1) is 0 Å². The van der Waals surface area contributed by atoms with E-state index in [1.807, 2.05) is 29.9 Å². The minimum Gasteiger partial charge on any atom is -0.493 e. The summed E-state index contributed by atoms with van der Waals surface area (Å²) in [6, 6.07) is 7.96. The second-order valence-corrected chi connectivity index (χ2v) is 5.04. The predicted molar refractivity (Wildman–Crippen MR) is 82.5 cm³/mol. The Labute approximate surface area is 127 Å². The van der Waals surface area contributed by atoms with Gasteiger partial charge in [-0.05, 0) is 18.6 Å². The molecule has 1 aromatic heterocycles. The van der Waals surface area contributed by atoms with Crippen molar-refractivity contribution in [3.63, 3.8) is 0 Å². The molecule has 2 rings (SSSR count). The monoisotopic (exact) mass is 338 g/mol. The molecule has 4 nitrogen and oxygen atoms in total. The third-order valence-corrected chi connectivity index (χ3v) is 3.78. The summed E-state index contributed by atoms with van der Waals surface area (Å²) in [5, 5.41) is 5.15. The van der Waals surface area contributed by atoms with E-state index in [-0.39, 0.29) is 0 Å². The van der Waals surface area contributed by atoms with Gasteiger partial charge in [-0.1, -0.05) is 35.0 Å². The fourth-order valence-electron chi connectivity index (χ4n) is 2.02. The zero-order valence-corrected chi connectivity index (χ0v) is 13.6. The molecule has 0 saturated heterocycles. The molecule has 0 radical (unpaired) electrons. The van der Waals surface area contributed by atoms with Gasteiger partial charge in [0.25, 0.3) is 0 Å². The minimum atomic E-state index is 0.476. The van der Waals surface area contributed by atoms with Crippen molar-refractivity contribution in [3.8, 4) is 11.5 Å². The molecule has 0 atom stereocenters. The Kier molecular flexibility index (Phi) is 5.06. The lowest BCUT2D eigenvalue weighted by Gasteiger charge is -2.13. The van der Waals surface area contributed by atoms with Crippen molar-refractivity contribution in [2.24, 2.45) is 7.05 Å². The topological polar surface area (TPSA) is 36.3 Å². The summed E-state index contributed by atoms with van der Waals surface area (Å²) in [5.74, 6) is 1.53. The number of methoxy groups -OCH3 is 1. The Bertz CT molecular complexity index is 559. The van der Waals surface area contributed by atoms with E-state index in [9.17, 15) is 0 Å². The summed E-state index contributed by atoms with van der Waals surface area (Å²) < 4.78 is 13.2. The van der Waals surface area contributed by atoms with Crippen LogP contribution in [0.4, 0.5) is 0 Å². The molecule has 1 aromatic carbocycles. The predicted octanol–water partition coefficient (Wildman–Crippen LogP) is 3.47. The standard InChI is InChI=1S/C15H19BrN2O2/c1-4-12-8-13(18(2)17-12)10-20-15-11(9-16)6-5-7-14(15)19-3/h5-8H,4,9-10H2,1-3H3. The fourth-order valence-corrected chi connectivity index (χ4v) is 2.46. The van der Waals surface area contributed by atoms with Crippen LogP contribution in [0.5, 0.6) is 11.5 Å². The molecule has 0 aliphatic heterocycles. The van der Waals surface area contributed by atoms with E-state index in [0.29, 0.717) is 6.61 Å². The summed E-state index contributed by atoms with van der Waals surface area (Å²) >= 11 is 3.47. The highest BCUT2D eigenvalue weighted by molar-refractivity contribution is 9.08. The lowest BCUT2D eigenvalue weighted by Crippen LogP contribution is -2.05. The van der Waals surface area contributed by atoms with E-state index >= 15 is 0 Å². The van der Waals surface area contributed by atoms with E-state index in [0.717, 1.165) is 40.2 Å². The molecule has 20 heavy (non-hydrogen) atoms. The van der Waals surface area contributed by atoms with Gasteiger partial charge in [0.05, 0.1) is 18.5 Å². The summed E-state index contributed by atoms with van der Waals surface area (Å²) in [6.07, 6.45) is 0.926. The first-order valence-corrected chi connectivity index (χ1v) is 7.68. The van der Waals surface area contributed by atoms with E-state index in [1.54, 1.807) is 7.11 Å². The van der Waals surface area contributed by atoms with Crippen LogP contribution >= 0.6 is 15.9 Å². The van der Waals surface area contributed by atoms with Crippen molar-refractivity contribution in [1.29, 1.82) is 0 Å². The highest BCUT2D eigenvalue weighted by atomic mass is 79.9. The molecule has 0 N–H and O–H groups in total. The van der Waals surface area contributed by atoms with Crippen molar-refractivity contribution >= 4 is 15.9 Å². The number of benzene rings is 1. The van der Waals surface area contributed by atoms with Crippen molar-refractivity contribution < 1.29 is 9.47 Å². The van der Waals surface area contributed by atoms with Gasteiger partial charge in [0.1, 0.15) is 6.61 Å². The van der Waals surface area contributed by atoms with Crippen molar-refractivity contribution in [3.05, 3.63) is 41.2 Å². The smallest absolute Gasteiger partial charge is 0.165 e. The van der Waals surface area contributed by atoms with Crippen LogP contribution in [0.3, 0.4) is 0 Å². The molecular weight excluding hydrogens is 320 g/mol. The molecular formula is C15H19BrN2O2. The summed E-state index contributed by atoms with van der Waals surface area (Å²) in [4.78, 5) is 0. The zero-order valence-electron chi connectivity index (χ0n) is 12.0. The SMILES string of the molecule is CCc1cc(COc2c(CBr)cccc2OC)n(C)n1. The largest absolute Gasteiger partial charge is 0.493 e. The first-order chi connectivity index (χ1) is 9.69. The quantitative estimate of drug-likeness (QED) is 0.756. The number of aryl methyl sites for hydroxylation is 2. The third-order valence-electron chi connectivity index (χ3n) is 3.18. The summed E-state index contributed by atoms with van der Waals surface area (Å²) in [6.45, 7) is 2.57. The second kappa shape index (κ2) is 6.79. The highest BCUT2D eigenvalue weighted by Crippen LogP contribution is 2.33. The molecule has 5 heteroatoms. The first kappa shape index (κ1) is 14.9. The number of rotatable bonds is 6. The van der Waals surface area contributed by atoms with Gasteiger partial charge in [0.2, 0.25) is 0 Å². The molecule has 0 spiro atoms. The van der Waals surface area contributed by atoms with Crippen LogP contribution in [0.25, 0.3) is 0 Å². The van der Waals surface area contributed by atoms with Gasteiger partial charge in [-0.25, -0.2) is 0 Å². The average molecular weight is 339 g/mol. The number of aromatic nitrogens is 2. The maximum absolute atomic E-state index is 5.96. The number of alkyl halides is 1. The number of nitrogens with zero attached hydrogens (tertiary/aromatic N) is 2. The van der Waals surface area contributed by atoms with Crippen LogP contribution in [0.15, 0.2) is 24.3 Å². The Hall–Kier alpha value is -1.49.